The number of carbonyl (C=O) groups is 4. The van der Waals surface area contributed by atoms with E-state index in [4.69, 9.17) is 21.3 Å². The summed E-state index contributed by atoms with van der Waals surface area (Å²) in [4.78, 5) is 58.8. The number of hydrogen-bond acceptors (Lipinski definition) is 6. The number of amides is 2. The van der Waals surface area contributed by atoms with Gasteiger partial charge in [0.25, 0.3) is 0 Å². The Labute approximate surface area is 260 Å². The van der Waals surface area contributed by atoms with Gasteiger partial charge >= 0.3 is 5.97 Å². The van der Waals surface area contributed by atoms with Crippen LogP contribution in [-0.4, -0.2) is 35.2 Å². The van der Waals surface area contributed by atoms with E-state index in [0.717, 1.165) is 11.1 Å². The van der Waals surface area contributed by atoms with E-state index in [9.17, 15) is 19.2 Å². The molecule has 0 saturated carbocycles. The summed E-state index contributed by atoms with van der Waals surface area (Å²) in [6.07, 6.45) is 4.54. The highest BCUT2D eigenvalue weighted by Gasteiger charge is 2.50. The van der Waals surface area contributed by atoms with E-state index in [-0.39, 0.29) is 40.9 Å². The number of nitrogens with zero attached hydrogens (tertiary/aromatic N) is 2. The molecule has 0 radical (unpaired) electrons. The summed E-state index contributed by atoms with van der Waals surface area (Å²) < 4.78 is 5.51. The number of esters is 1. The number of aryl methyl sites for hydroxylation is 3. The molecular formula is C36H31ClN2O5. The van der Waals surface area contributed by atoms with E-state index in [1.54, 1.807) is 54.6 Å². The number of Topliss-reactive ketones (excluding diaryl/α,β-unsaturated/α-hetero) is 1. The second-order valence-electron chi connectivity index (χ2n) is 11.6. The van der Waals surface area contributed by atoms with Crippen molar-refractivity contribution in [1.29, 1.82) is 0 Å². The smallest absolute Gasteiger partial charge is 0.339 e. The molecule has 0 bridgehead atoms. The zero-order valence-electron chi connectivity index (χ0n) is 24.9. The zero-order chi connectivity index (χ0) is 31.3. The van der Waals surface area contributed by atoms with Gasteiger partial charge in [-0.25, -0.2) is 9.78 Å². The highest BCUT2D eigenvalue weighted by atomic mass is 35.5. The van der Waals surface area contributed by atoms with Crippen LogP contribution in [0, 0.1) is 38.5 Å². The number of hydrogen-bond donors (Lipinski definition) is 0. The number of ether oxygens (including phenoxy) is 1. The minimum absolute atomic E-state index is 0.000754. The predicted octanol–water partition coefficient (Wildman–Crippen LogP) is 7.22. The van der Waals surface area contributed by atoms with Gasteiger partial charge < -0.3 is 4.74 Å². The third kappa shape index (κ3) is 5.11. The van der Waals surface area contributed by atoms with Crippen LogP contribution >= 0.6 is 11.6 Å². The van der Waals surface area contributed by atoms with Crippen molar-refractivity contribution in [3.05, 3.63) is 106 Å². The van der Waals surface area contributed by atoms with E-state index in [1.165, 1.54) is 4.90 Å². The van der Waals surface area contributed by atoms with Crippen LogP contribution < -0.4 is 4.90 Å². The van der Waals surface area contributed by atoms with Crippen molar-refractivity contribution < 1.29 is 23.9 Å². The predicted molar refractivity (Wildman–Crippen MR) is 170 cm³/mol. The first kappa shape index (κ1) is 29.5. The highest BCUT2D eigenvalue weighted by Crippen LogP contribution is 2.41. The number of carbonyl (C=O) groups excluding carboxylic acids is 4. The van der Waals surface area contributed by atoms with Crippen molar-refractivity contribution in [3.63, 3.8) is 0 Å². The van der Waals surface area contributed by atoms with E-state index in [2.05, 4.69) is 0 Å². The SMILES string of the molecule is Cc1ccc(C(=O)COC(=O)c2cc(-c3ccc(N4C(=O)C5CC=CC(C)C5C4=O)cc3)nc3c(C)c(Cl)ccc23)cc1C. The molecule has 4 aromatic rings. The molecule has 3 aromatic carbocycles. The van der Waals surface area contributed by atoms with Crippen molar-refractivity contribution in [2.24, 2.45) is 17.8 Å². The lowest BCUT2D eigenvalue weighted by Crippen LogP contribution is -2.31. The van der Waals surface area contributed by atoms with Crippen LogP contribution in [0.5, 0.6) is 0 Å². The minimum atomic E-state index is -0.659. The Morgan fingerprint density at radius 3 is 2.41 bits per heavy atom. The Kier molecular flexibility index (Phi) is 7.68. The zero-order valence-corrected chi connectivity index (χ0v) is 25.6. The standard InChI is InChI=1S/C36H31ClN2O5/c1-19-8-9-24(16-21(19)3)31(40)18-44-36(43)28-17-30(38-33-22(4)29(37)15-14-26(28)33)23-10-12-25(13-11-23)39-34(41)27-7-5-6-20(2)32(27)35(39)42/h5-6,8-17,20,27,32H,7,18H2,1-4H3. The fourth-order valence-electron chi connectivity index (χ4n) is 6.11. The molecule has 44 heavy (non-hydrogen) atoms. The molecule has 1 aromatic heterocycles. The molecule has 1 fully saturated rings. The van der Waals surface area contributed by atoms with Gasteiger partial charge in [0.1, 0.15) is 0 Å². The van der Waals surface area contributed by atoms with Crippen LogP contribution in [0.15, 0.2) is 72.8 Å². The molecule has 0 N–H and O–H groups in total. The van der Waals surface area contributed by atoms with Crippen LogP contribution in [0.3, 0.4) is 0 Å². The lowest BCUT2D eigenvalue weighted by Gasteiger charge is -2.22. The number of halogens is 1. The second kappa shape index (κ2) is 11.5. The van der Waals surface area contributed by atoms with Gasteiger partial charge in [0.05, 0.1) is 34.3 Å². The number of anilines is 1. The third-order valence-electron chi connectivity index (χ3n) is 8.85. The maximum atomic E-state index is 13.4. The first-order valence-electron chi connectivity index (χ1n) is 14.6. The molecule has 6 rings (SSSR count). The fraction of sp³-hybridized carbons (Fsp3) is 0.250. The van der Waals surface area contributed by atoms with E-state index < -0.39 is 12.6 Å². The number of benzene rings is 3. The Morgan fingerprint density at radius 1 is 0.955 bits per heavy atom. The topological polar surface area (TPSA) is 93.6 Å². The third-order valence-corrected chi connectivity index (χ3v) is 9.25. The largest absolute Gasteiger partial charge is 0.454 e. The number of allylic oxidation sites excluding steroid dienone is 2. The summed E-state index contributed by atoms with van der Waals surface area (Å²) in [6.45, 7) is 7.27. The van der Waals surface area contributed by atoms with Crippen LogP contribution in [0.4, 0.5) is 5.69 Å². The molecule has 1 aliphatic heterocycles. The molecule has 2 amide bonds. The summed E-state index contributed by atoms with van der Waals surface area (Å²) >= 11 is 6.42. The number of ketones is 1. The molecular weight excluding hydrogens is 576 g/mol. The number of aromatic nitrogens is 1. The van der Waals surface area contributed by atoms with Gasteiger partial charge in [-0.15, -0.1) is 0 Å². The van der Waals surface area contributed by atoms with Crippen LogP contribution in [0.1, 0.15) is 50.8 Å². The van der Waals surface area contributed by atoms with Gasteiger partial charge in [-0.3, -0.25) is 19.3 Å². The molecule has 0 spiro atoms. The summed E-state index contributed by atoms with van der Waals surface area (Å²) in [7, 11) is 0. The van der Waals surface area contributed by atoms with Crippen molar-refractivity contribution in [1.82, 2.24) is 4.98 Å². The average molecular weight is 607 g/mol. The van der Waals surface area contributed by atoms with Gasteiger partial charge in [0.15, 0.2) is 12.4 Å². The fourth-order valence-corrected chi connectivity index (χ4v) is 6.26. The van der Waals surface area contributed by atoms with Crippen molar-refractivity contribution in [2.45, 2.75) is 34.1 Å². The Balaban J connectivity index is 1.30. The monoisotopic (exact) mass is 606 g/mol. The van der Waals surface area contributed by atoms with Gasteiger partial charge in [0.2, 0.25) is 11.8 Å². The van der Waals surface area contributed by atoms with E-state index >= 15 is 0 Å². The molecule has 8 heteroatoms. The summed E-state index contributed by atoms with van der Waals surface area (Å²) in [5, 5.41) is 1.05. The lowest BCUT2D eigenvalue weighted by molar-refractivity contribution is -0.122. The van der Waals surface area contributed by atoms with E-state index in [1.807, 2.05) is 45.9 Å². The Hall–Kier alpha value is -4.62. The van der Waals surface area contributed by atoms with Gasteiger partial charge in [0, 0.05) is 21.5 Å². The Morgan fingerprint density at radius 2 is 1.70 bits per heavy atom. The van der Waals surface area contributed by atoms with Crippen LogP contribution in [0.2, 0.25) is 5.02 Å². The van der Waals surface area contributed by atoms with Crippen LogP contribution in [-0.2, 0) is 14.3 Å². The molecule has 1 aliphatic carbocycles. The molecule has 3 atom stereocenters. The van der Waals surface area contributed by atoms with Crippen molar-refractivity contribution in [2.75, 3.05) is 11.5 Å². The number of imide groups is 1. The van der Waals surface area contributed by atoms with E-state index in [0.29, 0.717) is 50.4 Å². The molecule has 222 valence electrons. The lowest BCUT2D eigenvalue weighted by atomic mass is 9.78. The van der Waals surface area contributed by atoms with Crippen LogP contribution in [0.25, 0.3) is 22.2 Å². The van der Waals surface area contributed by atoms with Gasteiger partial charge in [-0.1, -0.05) is 61.0 Å². The van der Waals surface area contributed by atoms with Gasteiger partial charge in [-0.05, 0) is 80.1 Å². The number of fused-ring (bicyclic) bond motifs is 2. The van der Waals surface area contributed by atoms with Crippen molar-refractivity contribution >= 4 is 51.8 Å². The molecule has 7 nitrogen and oxygen atoms in total. The molecule has 2 heterocycles. The summed E-state index contributed by atoms with van der Waals surface area (Å²) in [5.41, 5.74) is 5.64. The summed E-state index contributed by atoms with van der Waals surface area (Å²) in [6, 6.07) is 17.4. The highest BCUT2D eigenvalue weighted by molar-refractivity contribution is 6.32. The normalized spacial score (nSPS) is 19.4. The first-order chi connectivity index (χ1) is 21.0. The van der Waals surface area contributed by atoms with Crippen molar-refractivity contribution in [3.8, 4) is 11.3 Å². The maximum Gasteiger partial charge on any atom is 0.339 e. The average Bonchev–Trinajstić information content (AvgIpc) is 3.28. The quantitative estimate of drug-likeness (QED) is 0.0995. The molecule has 1 saturated heterocycles. The molecule has 2 aliphatic rings. The number of rotatable bonds is 6. The van der Waals surface area contributed by atoms with Gasteiger partial charge in [-0.2, -0.15) is 0 Å². The summed E-state index contributed by atoms with van der Waals surface area (Å²) in [5.74, 6) is -2.01. The maximum absolute atomic E-state index is 13.4. The molecule has 3 unspecified atom stereocenters. The number of pyridine rings is 1. The second-order valence-corrected chi connectivity index (χ2v) is 12.0. The first-order valence-corrected chi connectivity index (χ1v) is 14.9. The Bertz CT molecular complexity index is 1900. The minimum Gasteiger partial charge on any atom is -0.454 e.